The van der Waals surface area contributed by atoms with Gasteiger partial charge >= 0.3 is 0 Å². The van der Waals surface area contributed by atoms with Gasteiger partial charge in [0, 0.05) is 27.6 Å². The fourth-order valence-corrected chi connectivity index (χ4v) is 18.0. The Kier molecular flexibility index (Phi) is 7.92. The molecular weight excluding hydrogens is 926 g/mol. The molecule has 332 valence electrons. The van der Waals surface area contributed by atoms with Crippen LogP contribution in [0.3, 0.4) is 0 Å². The van der Waals surface area contributed by atoms with Crippen LogP contribution in [0, 0.1) is 0 Å². The quantitative estimate of drug-likeness (QED) is 0.0941. The molecule has 11 aromatic carbocycles. The van der Waals surface area contributed by atoms with Gasteiger partial charge in [-0.05, 0) is 288 Å². The second kappa shape index (κ2) is 12.3. The van der Waals surface area contributed by atoms with Gasteiger partial charge < -0.3 is 22.8 Å². The maximum absolute atomic E-state index is 14.6. The average Bonchev–Trinajstić information content (AvgIpc) is 3.21. The second-order valence-electron chi connectivity index (χ2n) is 22.5. The van der Waals surface area contributed by atoms with E-state index in [9.17, 15) is 22.8 Å². The van der Waals surface area contributed by atoms with Crippen LogP contribution in [0.1, 0.15) is 22.3 Å². The van der Waals surface area contributed by atoms with Crippen LogP contribution in [0.25, 0.3) is 120 Å². The van der Waals surface area contributed by atoms with E-state index in [0.29, 0.717) is 6.42 Å². The van der Waals surface area contributed by atoms with Crippen LogP contribution in [0.4, 0.5) is 0 Å². The lowest BCUT2D eigenvalue weighted by atomic mass is 9.70. The van der Waals surface area contributed by atoms with Crippen molar-refractivity contribution in [1.82, 2.24) is 0 Å². The molecule has 0 amide bonds. The zero-order chi connectivity index (χ0) is 46.8. The first-order valence-electron chi connectivity index (χ1n) is 22.6. The molecule has 0 fully saturated rings. The van der Waals surface area contributed by atoms with Crippen LogP contribution in [0.2, 0.25) is 0 Å². The van der Waals surface area contributed by atoms with Crippen molar-refractivity contribution in [2.24, 2.45) is 0 Å². The van der Waals surface area contributed by atoms with Gasteiger partial charge in [-0.25, -0.2) is 0 Å². The number of hydrogen-bond acceptors (Lipinski definition) is 5. The Morgan fingerprint density at radius 1 is 0.318 bits per heavy atom. The summed E-state index contributed by atoms with van der Waals surface area (Å²) >= 11 is 0. The topological polar surface area (TPSA) is 85.3 Å². The Morgan fingerprint density at radius 3 is 0.833 bits per heavy atom. The van der Waals surface area contributed by atoms with Gasteiger partial charge in [-0.15, -0.1) is 0 Å². The van der Waals surface area contributed by atoms with Crippen molar-refractivity contribution >= 4 is 190 Å². The summed E-state index contributed by atoms with van der Waals surface area (Å²) in [6, 6.07) is 17.3. The standard InChI is InChI=1S/C55H52O5P6/c1-61(2,3)26-14-32-34-16-27(62(4,5)56)18-36-38-20-29(64(8,9)58)22-40-42-24-31(66(12,13)60)25-43-41-23-30(65(10,11)59)21-39-37-19-28(63(6,7)57)17-35-33(15-26)44(32)50-51(45(34)36)53(47(38)40)55(49(42)43)54(48(39)41)52(50)46(35)37/h14,16,18-25H,1,15,17H2,2-13H3. The third kappa shape index (κ3) is 5.27. The Morgan fingerprint density at radius 2 is 0.561 bits per heavy atom. The summed E-state index contributed by atoms with van der Waals surface area (Å²) < 4.78 is 72.7. The van der Waals surface area contributed by atoms with Crippen molar-refractivity contribution in [1.29, 1.82) is 0 Å². The molecule has 0 heterocycles. The molecule has 0 bridgehead atoms. The fourth-order valence-electron chi connectivity index (χ4n) is 12.5. The smallest absolute Gasteiger partial charge is 0.109 e. The number of rotatable bonds is 6. The zero-order valence-corrected chi connectivity index (χ0v) is 45.0. The second-order valence-corrected chi connectivity index (χ2v) is 42.6. The lowest BCUT2D eigenvalue weighted by molar-refractivity contribution is 0.585. The Hall–Kier alpha value is -3.75. The van der Waals surface area contributed by atoms with Gasteiger partial charge in [-0.1, -0.05) is 13.2 Å². The normalized spacial score (nSPS) is 16.0. The molecule has 2 aliphatic carbocycles. The summed E-state index contributed by atoms with van der Waals surface area (Å²) in [5, 5.41) is 27.3. The molecule has 11 aromatic rings. The van der Waals surface area contributed by atoms with E-state index >= 15 is 0 Å². The number of benzene rings is 11. The van der Waals surface area contributed by atoms with Crippen LogP contribution in [0.5, 0.6) is 0 Å². The van der Waals surface area contributed by atoms with Crippen LogP contribution in [0.15, 0.2) is 59.2 Å². The lowest BCUT2D eigenvalue weighted by Gasteiger charge is -2.35. The van der Waals surface area contributed by atoms with E-state index in [-0.39, 0.29) is 0 Å². The van der Waals surface area contributed by atoms with Crippen LogP contribution < -0.4 is 21.2 Å². The maximum atomic E-state index is 14.6. The van der Waals surface area contributed by atoms with Crippen molar-refractivity contribution in [2.45, 2.75) is 12.8 Å². The highest BCUT2D eigenvalue weighted by atomic mass is 31.2. The molecule has 13 rings (SSSR count). The van der Waals surface area contributed by atoms with E-state index in [2.05, 4.69) is 74.0 Å². The van der Waals surface area contributed by atoms with E-state index in [0.717, 1.165) is 114 Å². The molecule has 11 heteroatoms. The average molecular weight is 979 g/mol. The van der Waals surface area contributed by atoms with Crippen LogP contribution in [-0.4, -0.2) is 86.3 Å². The minimum Gasteiger partial charge on any atom is -0.320 e. The highest BCUT2D eigenvalue weighted by Gasteiger charge is 2.38. The van der Waals surface area contributed by atoms with Crippen molar-refractivity contribution in [3.05, 3.63) is 81.4 Å². The van der Waals surface area contributed by atoms with Gasteiger partial charge in [0.1, 0.15) is 35.7 Å². The molecule has 0 radical (unpaired) electrons. The number of fused-ring (bicyclic) bond motifs is 6. The van der Waals surface area contributed by atoms with E-state index in [1.165, 1.54) is 54.1 Å². The first-order chi connectivity index (χ1) is 30.5. The third-order valence-electron chi connectivity index (χ3n) is 15.7. The molecule has 0 saturated carbocycles. The fraction of sp³-hybridized carbons (Fsp3) is 0.255. The summed E-state index contributed by atoms with van der Waals surface area (Å²) in [5.74, 6) is 0. The zero-order valence-electron chi connectivity index (χ0n) is 39.6. The van der Waals surface area contributed by atoms with Gasteiger partial charge in [-0.3, -0.25) is 0 Å². The van der Waals surface area contributed by atoms with E-state index in [1.54, 1.807) is 0 Å². The minimum absolute atomic E-state index is 0.570. The molecule has 66 heavy (non-hydrogen) atoms. The minimum atomic E-state index is -2.87. The van der Waals surface area contributed by atoms with Gasteiger partial charge in [-0.2, -0.15) is 0 Å². The van der Waals surface area contributed by atoms with Crippen molar-refractivity contribution < 1.29 is 22.8 Å². The predicted octanol–water partition coefficient (Wildman–Crippen LogP) is 14.5. The summed E-state index contributed by atoms with van der Waals surface area (Å²) in [7, 11) is -14.2. The Labute approximate surface area is 384 Å². The summed E-state index contributed by atoms with van der Waals surface area (Å²) in [5.41, 5.74) is 4.67. The van der Waals surface area contributed by atoms with Crippen molar-refractivity contribution in [3.63, 3.8) is 0 Å². The van der Waals surface area contributed by atoms with Gasteiger partial charge in [0.25, 0.3) is 0 Å². The van der Waals surface area contributed by atoms with Crippen LogP contribution in [-0.2, 0) is 35.7 Å². The molecule has 0 aliphatic heterocycles. The number of allylic oxidation sites excluding steroid dienone is 2. The van der Waals surface area contributed by atoms with E-state index < -0.39 is 42.6 Å². The Bertz CT molecular complexity index is 4240. The number of hydrogen-bond donors (Lipinski definition) is 0. The highest BCUT2D eigenvalue weighted by molar-refractivity contribution is 7.76. The molecule has 2 aliphatic rings. The van der Waals surface area contributed by atoms with Crippen molar-refractivity contribution in [3.8, 4) is 0 Å². The van der Waals surface area contributed by atoms with E-state index in [1.807, 2.05) is 66.6 Å². The molecule has 5 nitrogen and oxygen atoms in total. The molecular formula is C55H52O5P6. The van der Waals surface area contributed by atoms with E-state index in [4.69, 9.17) is 6.30 Å². The summed E-state index contributed by atoms with van der Waals surface area (Å²) in [6.07, 6.45) is 10.8. The molecule has 0 aromatic heterocycles. The molecule has 0 spiro atoms. The highest BCUT2D eigenvalue weighted by Crippen LogP contribution is 2.64. The SMILES string of the molecule is C=P(C)(C)C1=Cc2c3cc(P(C)(C)=O)cc4c5cc(P(C)(C)=O)cc6c7cc(P(C)(C)=O)cc8c9cc(P(C)(C)=O)cc%10c%11c%12c(c(c2c2c%12c(c%109)c(c87)c(c56)c2c34)C1)CC(P(C)(C)=O)=C%11. The monoisotopic (exact) mass is 978 g/mol. The Balaban J connectivity index is 1.50. The molecule has 0 atom stereocenters. The van der Waals surface area contributed by atoms with Crippen molar-refractivity contribution in [2.75, 3.05) is 80.0 Å². The third-order valence-corrected chi connectivity index (χ3v) is 25.3. The first-order valence-corrected chi connectivity index (χ1v) is 38.5. The summed E-state index contributed by atoms with van der Waals surface area (Å²) in [4.78, 5) is 0. The molecule has 0 N–H and O–H groups in total. The lowest BCUT2D eigenvalue weighted by Crippen LogP contribution is -2.14. The first kappa shape index (κ1) is 42.4. The maximum Gasteiger partial charge on any atom is 0.109 e. The van der Waals surface area contributed by atoms with Gasteiger partial charge in [0.2, 0.25) is 0 Å². The molecule has 0 saturated heterocycles. The largest absolute Gasteiger partial charge is 0.320 e. The summed E-state index contributed by atoms with van der Waals surface area (Å²) in [6.45, 7) is 21.2. The predicted molar refractivity (Wildman–Crippen MR) is 302 cm³/mol. The van der Waals surface area contributed by atoms with Crippen LogP contribution >= 0.6 is 42.6 Å². The van der Waals surface area contributed by atoms with Gasteiger partial charge in [0.05, 0.1) is 0 Å². The van der Waals surface area contributed by atoms with Gasteiger partial charge in [0.15, 0.2) is 0 Å². The molecule has 0 unspecified atom stereocenters.